The van der Waals surface area contributed by atoms with Crippen LogP contribution in [0.15, 0.2) is 126 Å². The molecule has 2 aliphatic carbocycles. The molecule has 6 N–H and O–H groups in total. The average molecular weight is 1530 g/mol. The highest BCUT2D eigenvalue weighted by molar-refractivity contribution is 6.32. The number of halogens is 3. The lowest BCUT2D eigenvalue weighted by molar-refractivity contribution is -0.0592. The van der Waals surface area contributed by atoms with Crippen molar-refractivity contribution >= 4 is 69.3 Å². The topological polar surface area (TPSA) is 327 Å². The number of carbonyl (C=O) groups excluding carboxylic acids is 1. The van der Waals surface area contributed by atoms with Gasteiger partial charge in [-0.3, -0.25) is 32.9 Å². The summed E-state index contributed by atoms with van der Waals surface area (Å²) in [7, 11) is 0. The fraction of sp³-hybridized carbons (Fsp3) is 0.410. The second-order valence-corrected chi connectivity index (χ2v) is 31.2. The first-order valence-electron chi connectivity index (χ1n) is 36.5. The van der Waals surface area contributed by atoms with Crippen LogP contribution in [0, 0.1) is 39.5 Å². The second kappa shape index (κ2) is 27.9. The van der Waals surface area contributed by atoms with Gasteiger partial charge >= 0.3 is 28.9 Å². The zero-order valence-electron chi connectivity index (χ0n) is 61.5. The predicted molar refractivity (Wildman–Crippen MR) is 408 cm³/mol. The van der Waals surface area contributed by atoms with Gasteiger partial charge in [0.2, 0.25) is 0 Å². The van der Waals surface area contributed by atoms with Crippen LogP contribution < -0.4 is 28.2 Å². The summed E-state index contributed by atoms with van der Waals surface area (Å²) in [6, 6.07) is 23.9. The summed E-state index contributed by atoms with van der Waals surface area (Å²) in [6.07, 6.45) is 13.1. The van der Waals surface area contributed by atoms with Gasteiger partial charge in [0.25, 0.3) is 5.91 Å². The number of H-pyrrole nitrogens is 4. The summed E-state index contributed by atoms with van der Waals surface area (Å²) >= 11 is 12.9. The van der Waals surface area contributed by atoms with E-state index in [4.69, 9.17) is 51.9 Å². The first-order chi connectivity index (χ1) is 51.2. The molecule has 1 amide bonds. The monoisotopic (exact) mass is 1530 g/mol. The van der Waals surface area contributed by atoms with E-state index >= 15 is 4.79 Å². The number of carboxylic acid groups (broad SMARTS) is 1. The normalized spacial score (nSPS) is 22.2. The lowest BCUT2D eigenvalue weighted by atomic mass is 9.83. The van der Waals surface area contributed by atoms with Crippen LogP contribution in [0.25, 0.3) is 44.8 Å². The summed E-state index contributed by atoms with van der Waals surface area (Å²) < 4.78 is 31.9. The van der Waals surface area contributed by atoms with Crippen molar-refractivity contribution in [2.24, 2.45) is 11.8 Å². The number of amides is 1. The Bertz CT molecular complexity index is 5740. The molecule has 4 aliphatic heterocycles. The van der Waals surface area contributed by atoms with Crippen LogP contribution in [0.1, 0.15) is 193 Å². The van der Waals surface area contributed by atoms with Crippen molar-refractivity contribution in [2.45, 2.75) is 161 Å². The standard InChI is InChI=1S/C38H39ClN8O5.C22H25N3O5.C18H20ClN5O.ClH/c1-20-15-27(16-21(2)32(20)39)47-33(45-12-10-40-36(45)49)31-23(4)44(11-7-28(31)42-47)34(48)30-18-26-17-25(24-8-13-51-14-9-24)5-6-29(26)46(30)38(19-22(38)3)35-41-37(50)52-43-35;1-12-10-22(12,19-23-20(28)30-24-19)25-16-5-4-13(8-15(16)9-17(25)18(26)27)14-6-7-29-21(2,3)11-14;1-10-8-13(9-11(2)16(10)19)24-17(23-7-6-21-18(23)25)15-12(3)20-5-4-14(15)22-24;/h5-6,10,12,15-18,22-24H,7-9,11,13-14,19H2,1-4H3,(H,40,49)(H,41,43,50);4-5,8-9,12,14H,6-7,10-11H2,1-3H3,(H,26,27)(H,23,24,28);6-9,12,20H,4-5H2,1-3H3,(H,21,25);1H/t22-,23-,38-;12-,14-,22-;12-;/m000./s1. The number of carbonyl (C=O) groups is 2. The highest BCUT2D eigenvalue weighted by Gasteiger charge is 2.60. The molecule has 0 unspecified atom stereocenters. The number of fused-ring (bicyclic) bond motifs is 4. The summed E-state index contributed by atoms with van der Waals surface area (Å²) in [5, 5.41) is 34.6. The molecule has 18 rings (SSSR count). The smallest absolute Gasteiger partial charge is 0.438 e. The van der Waals surface area contributed by atoms with Gasteiger partial charge in [0.1, 0.15) is 34.1 Å². The Kier molecular flexibility index (Phi) is 19.0. The Hall–Kier alpha value is -10.0. The van der Waals surface area contributed by atoms with Crippen LogP contribution >= 0.6 is 35.6 Å². The molecule has 2 saturated carbocycles. The number of nitrogens with zero attached hydrogens (tertiary/aromatic N) is 11. The highest BCUT2D eigenvalue weighted by atomic mass is 35.5. The van der Waals surface area contributed by atoms with Crippen molar-refractivity contribution in [3.8, 4) is 23.0 Å². The molecule has 30 heteroatoms. The minimum Gasteiger partial charge on any atom is -0.477 e. The number of rotatable bonds is 12. The molecule has 2 saturated heterocycles. The third-order valence-corrected chi connectivity index (χ3v) is 24.2. The molecule has 12 aromatic rings. The number of carboxylic acids is 1. The van der Waals surface area contributed by atoms with E-state index in [2.05, 4.69) is 98.2 Å². The fourth-order valence-corrected chi connectivity index (χ4v) is 17.6. The number of aromatic carboxylic acids is 1. The van der Waals surface area contributed by atoms with Crippen LogP contribution in [0.3, 0.4) is 0 Å². The fourth-order valence-electron chi connectivity index (χ4n) is 17.4. The maximum Gasteiger partial charge on any atom is 0.438 e. The number of imidazole rings is 2. The molecule has 0 spiro atoms. The van der Waals surface area contributed by atoms with Gasteiger partial charge in [-0.2, -0.15) is 10.2 Å². The van der Waals surface area contributed by atoms with Gasteiger partial charge in [0.15, 0.2) is 11.6 Å². The quantitative estimate of drug-likeness (QED) is 0.0662. The van der Waals surface area contributed by atoms with Crippen molar-refractivity contribution in [3.63, 3.8) is 0 Å². The number of hydrogen-bond donors (Lipinski definition) is 6. The first kappa shape index (κ1) is 73.5. The lowest BCUT2D eigenvalue weighted by Crippen LogP contribution is -2.41. The third-order valence-electron chi connectivity index (χ3n) is 23.0. The predicted octanol–water partition coefficient (Wildman–Crippen LogP) is 12.4. The SMILES string of the molecule is C[C@H]1C[C@]1(c1noc(=O)[nH]1)n1c(C(=O)O)cc2cc([C@H]3CCOC(C)(C)C3)ccc21.Cc1cc(-n2nc3c(c2-n2cc[nH]c2=O)[C@H](C)N(C(=O)c2cc4cc(C5CCOCC5)ccc4n2[C@@]2(c4noc(=O)[nH]4)C[C@@H]2C)CC3)cc(C)c1Cl.Cc1cc(-n2nc3c(c2-n2cc[nH]c2=O)[C@H](C)NCC3)cc(C)c1Cl.Cl. The molecule has 108 heavy (non-hydrogen) atoms. The number of aromatic nitrogens is 14. The van der Waals surface area contributed by atoms with Crippen LogP contribution in [0.5, 0.6) is 0 Å². The zero-order valence-corrected chi connectivity index (χ0v) is 63.8. The largest absolute Gasteiger partial charge is 0.477 e. The summed E-state index contributed by atoms with van der Waals surface area (Å²) in [4.78, 5) is 89.4. The highest BCUT2D eigenvalue weighted by Crippen LogP contribution is 2.58. The summed E-state index contributed by atoms with van der Waals surface area (Å²) in [5.41, 5.74) is 11.8. The van der Waals surface area contributed by atoms with Gasteiger partial charge < -0.3 is 43.9 Å². The van der Waals surface area contributed by atoms with E-state index in [0.717, 1.165) is 147 Å². The summed E-state index contributed by atoms with van der Waals surface area (Å²) in [6.45, 7) is 23.7. The molecule has 0 radical (unpaired) electrons. The number of nitrogens with one attached hydrogen (secondary N) is 5. The van der Waals surface area contributed by atoms with E-state index in [1.807, 2.05) is 87.5 Å². The van der Waals surface area contributed by atoms with Crippen molar-refractivity contribution in [3.05, 3.63) is 229 Å². The Morgan fingerprint density at radius 3 is 1.54 bits per heavy atom. The van der Waals surface area contributed by atoms with Crippen LogP contribution in [-0.4, -0.2) is 128 Å². The number of hydrogen-bond acceptors (Lipinski definition) is 15. The molecule has 12 heterocycles. The maximum atomic E-state index is 15.1. The molecule has 4 fully saturated rings. The van der Waals surface area contributed by atoms with Crippen molar-refractivity contribution in [1.82, 2.24) is 78.3 Å². The number of ether oxygens (including phenoxy) is 2. The van der Waals surface area contributed by atoms with Gasteiger partial charge in [0.05, 0.1) is 34.4 Å². The van der Waals surface area contributed by atoms with E-state index in [9.17, 15) is 29.1 Å². The van der Waals surface area contributed by atoms with E-state index in [1.54, 1.807) is 49.2 Å². The third kappa shape index (κ3) is 12.5. The van der Waals surface area contributed by atoms with Gasteiger partial charge in [-0.1, -0.05) is 59.5 Å². The van der Waals surface area contributed by atoms with Crippen molar-refractivity contribution in [2.75, 3.05) is 32.9 Å². The molecule has 27 nitrogen and oxygen atoms in total. The number of aromatic amines is 4. The minimum absolute atomic E-state index is 0. The molecule has 8 aromatic heterocycles. The average Bonchev–Trinajstić information content (AvgIpc) is 1.53. The van der Waals surface area contributed by atoms with Gasteiger partial charge in [-0.25, -0.2) is 33.3 Å². The lowest BCUT2D eigenvalue weighted by Gasteiger charge is -2.35. The Morgan fingerprint density at radius 1 is 0.602 bits per heavy atom. The van der Waals surface area contributed by atoms with E-state index in [1.165, 1.54) is 11.1 Å². The van der Waals surface area contributed by atoms with Crippen LogP contribution in [0.4, 0.5) is 0 Å². The van der Waals surface area contributed by atoms with Crippen LogP contribution in [0.2, 0.25) is 10.0 Å². The Morgan fingerprint density at radius 2 is 1.07 bits per heavy atom. The summed E-state index contributed by atoms with van der Waals surface area (Å²) in [5.74, 6) is 0.622. The van der Waals surface area contributed by atoms with E-state index in [0.29, 0.717) is 65.8 Å². The van der Waals surface area contributed by atoms with Gasteiger partial charge in [-0.15, -0.1) is 12.4 Å². The van der Waals surface area contributed by atoms with Crippen LogP contribution in [-0.2, 0) is 33.4 Å². The van der Waals surface area contributed by atoms with E-state index in [-0.39, 0.29) is 58.9 Å². The molecule has 7 atom stereocenters. The van der Waals surface area contributed by atoms with Gasteiger partial charge in [0, 0.05) is 120 Å². The molecule has 4 aromatic carbocycles. The Labute approximate surface area is 634 Å². The molecule has 6 aliphatic rings. The van der Waals surface area contributed by atoms with Crippen molar-refractivity contribution in [1.29, 1.82) is 0 Å². The molecule has 564 valence electrons. The zero-order chi connectivity index (χ0) is 75.0. The van der Waals surface area contributed by atoms with E-state index < -0.39 is 34.6 Å². The second-order valence-electron chi connectivity index (χ2n) is 30.4. The number of benzene rings is 4. The minimum atomic E-state index is -1.01. The molecular formula is C78H85Cl3N16O11. The maximum absolute atomic E-state index is 15.1. The van der Waals surface area contributed by atoms with Gasteiger partial charge in [-0.05, 0) is 212 Å². The number of aryl methyl sites for hydroxylation is 4. The molecule has 0 bridgehead atoms. The van der Waals surface area contributed by atoms with Crippen molar-refractivity contribution < 1.29 is 33.2 Å². The molecular weight excluding hydrogens is 1440 g/mol. The first-order valence-corrected chi connectivity index (χ1v) is 37.3. The Balaban J connectivity index is 0.000000141.